The Kier molecular flexibility index (Phi) is 4.42. The van der Waals surface area contributed by atoms with E-state index in [1.165, 1.54) is 12.8 Å². The van der Waals surface area contributed by atoms with Crippen LogP contribution in [0.2, 0.25) is 0 Å². The van der Waals surface area contributed by atoms with E-state index in [9.17, 15) is 4.79 Å². The molecule has 2 aliphatic rings. The van der Waals surface area contributed by atoms with Crippen molar-refractivity contribution < 1.29 is 13.9 Å². The maximum Gasteiger partial charge on any atom is 0.227 e. The zero-order chi connectivity index (χ0) is 17.4. The van der Waals surface area contributed by atoms with Crippen molar-refractivity contribution in [3.63, 3.8) is 0 Å². The first-order chi connectivity index (χ1) is 12.2. The Morgan fingerprint density at radius 2 is 2.04 bits per heavy atom. The molecule has 134 valence electrons. The van der Waals surface area contributed by atoms with E-state index in [2.05, 4.69) is 16.8 Å². The van der Waals surface area contributed by atoms with Crippen molar-refractivity contribution >= 4 is 16.9 Å². The van der Waals surface area contributed by atoms with Crippen molar-refractivity contribution in [1.29, 1.82) is 0 Å². The normalized spacial score (nSPS) is 24.3. The molecule has 5 heteroatoms. The molecule has 2 saturated heterocycles. The number of likely N-dealkylation sites (N-methyl/N-ethyl adjacent to an activating group) is 1. The van der Waals surface area contributed by atoms with Gasteiger partial charge in [0.1, 0.15) is 11.3 Å². The summed E-state index contributed by atoms with van der Waals surface area (Å²) < 4.78 is 10.9. The molecule has 0 radical (unpaired) electrons. The van der Waals surface area contributed by atoms with Crippen LogP contribution in [-0.2, 0) is 11.2 Å². The number of ether oxygens (including phenoxy) is 1. The monoisotopic (exact) mass is 342 g/mol. The molecule has 1 aromatic carbocycles. The lowest BCUT2D eigenvalue weighted by Crippen LogP contribution is -2.47. The number of furan rings is 1. The van der Waals surface area contributed by atoms with E-state index in [1.54, 1.807) is 13.4 Å². The van der Waals surface area contributed by atoms with Crippen LogP contribution >= 0.6 is 0 Å². The van der Waals surface area contributed by atoms with Gasteiger partial charge in [-0.25, -0.2) is 0 Å². The zero-order valence-corrected chi connectivity index (χ0v) is 15.0. The highest BCUT2D eigenvalue weighted by molar-refractivity contribution is 5.88. The summed E-state index contributed by atoms with van der Waals surface area (Å²) in [5, 5.41) is 1.00. The second kappa shape index (κ2) is 6.71. The van der Waals surface area contributed by atoms with Gasteiger partial charge in [-0.2, -0.15) is 0 Å². The third kappa shape index (κ3) is 3.01. The number of fused-ring (bicyclic) bond motifs is 1. The Balaban J connectivity index is 1.51. The van der Waals surface area contributed by atoms with Crippen molar-refractivity contribution in [1.82, 2.24) is 9.80 Å². The second-order valence-electron chi connectivity index (χ2n) is 7.29. The molecular formula is C20H26N2O3. The van der Waals surface area contributed by atoms with Gasteiger partial charge in [0.15, 0.2) is 0 Å². The van der Waals surface area contributed by atoms with Gasteiger partial charge < -0.3 is 19.0 Å². The number of methoxy groups -OCH3 is 1. The molecule has 3 heterocycles. The standard InChI is InChI=1S/C20H26N2O3/c1-21-9-3-5-17(21)18-6-4-10-22(18)20(23)11-14-13-25-19-12-15(24-2)7-8-16(14)19/h7-8,12-13,17-18H,3-6,9-11H2,1-2H3/t17-,18-/m0/s1. The molecule has 0 N–H and O–H groups in total. The second-order valence-corrected chi connectivity index (χ2v) is 7.29. The average Bonchev–Trinajstić information content (AvgIpc) is 3.34. The summed E-state index contributed by atoms with van der Waals surface area (Å²) in [6, 6.07) is 6.66. The minimum atomic E-state index is 0.223. The van der Waals surface area contributed by atoms with Crippen LogP contribution < -0.4 is 4.74 Å². The minimum Gasteiger partial charge on any atom is -0.497 e. The minimum absolute atomic E-state index is 0.223. The molecule has 0 aliphatic carbocycles. The lowest BCUT2D eigenvalue weighted by atomic mass is 10.0. The summed E-state index contributed by atoms with van der Waals surface area (Å²) in [4.78, 5) is 17.5. The summed E-state index contributed by atoms with van der Waals surface area (Å²) in [6.07, 6.45) is 6.82. The molecule has 0 bridgehead atoms. The molecule has 2 aliphatic heterocycles. The summed E-state index contributed by atoms with van der Waals surface area (Å²) in [5.74, 6) is 0.991. The molecule has 2 atom stereocenters. The number of carbonyl (C=O) groups excluding carboxylic acids is 1. The van der Waals surface area contributed by atoms with Crippen molar-refractivity contribution in [3.8, 4) is 5.75 Å². The largest absolute Gasteiger partial charge is 0.497 e. The van der Waals surface area contributed by atoms with Crippen LogP contribution in [0.1, 0.15) is 31.2 Å². The van der Waals surface area contributed by atoms with Crippen LogP contribution in [0.5, 0.6) is 5.75 Å². The number of carbonyl (C=O) groups is 1. The SMILES string of the molecule is COc1ccc2c(CC(=O)N3CCC[C@H]3[C@@H]3CCCN3C)coc2c1. The third-order valence-corrected chi connectivity index (χ3v) is 5.85. The van der Waals surface area contributed by atoms with Gasteiger partial charge in [-0.15, -0.1) is 0 Å². The van der Waals surface area contributed by atoms with E-state index in [0.29, 0.717) is 18.5 Å². The van der Waals surface area contributed by atoms with Crippen LogP contribution in [0.15, 0.2) is 28.9 Å². The lowest BCUT2D eigenvalue weighted by molar-refractivity contribution is -0.132. The first-order valence-corrected chi connectivity index (χ1v) is 9.21. The van der Waals surface area contributed by atoms with Crippen LogP contribution in [0, 0.1) is 0 Å². The highest BCUT2D eigenvalue weighted by Crippen LogP contribution is 2.31. The number of likely N-dealkylation sites (tertiary alicyclic amines) is 2. The highest BCUT2D eigenvalue weighted by Gasteiger charge is 2.38. The number of hydrogen-bond donors (Lipinski definition) is 0. The maximum atomic E-state index is 13.0. The quantitative estimate of drug-likeness (QED) is 0.857. The fourth-order valence-corrected chi connectivity index (χ4v) is 4.52. The third-order valence-electron chi connectivity index (χ3n) is 5.85. The molecule has 0 saturated carbocycles. The van der Waals surface area contributed by atoms with Crippen LogP contribution in [0.25, 0.3) is 11.0 Å². The fraction of sp³-hybridized carbons (Fsp3) is 0.550. The molecule has 4 rings (SSSR count). The van der Waals surface area contributed by atoms with E-state index in [1.807, 2.05) is 18.2 Å². The molecule has 2 fully saturated rings. The van der Waals surface area contributed by atoms with Crippen molar-refractivity contribution in [3.05, 3.63) is 30.0 Å². The summed E-state index contributed by atoms with van der Waals surface area (Å²) in [5.41, 5.74) is 1.74. The molecular weight excluding hydrogens is 316 g/mol. The molecule has 0 unspecified atom stereocenters. The lowest BCUT2D eigenvalue weighted by Gasteiger charge is -2.33. The van der Waals surface area contributed by atoms with Gasteiger partial charge in [0.05, 0.1) is 19.8 Å². The van der Waals surface area contributed by atoms with Crippen molar-refractivity contribution in [2.75, 3.05) is 27.2 Å². The average molecular weight is 342 g/mol. The highest BCUT2D eigenvalue weighted by atomic mass is 16.5. The number of benzene rings is 1. The van der Waals surface area contributed by atoms with Gasteiger partial charge >= 0.3 is 0 Å². The summed E-state index contributed by atoms with van der Waals surface area (Å²) >= 11 is 0. The van der Waals surface area contributed by atoms with Crippen LogP contribution in [0.3, 0.4) is 0 Å². The molecule has 1 amide bonds. The molecule has 0 spiro atoms. The first kappa shape index (κ1) is 16.5. The van der Waals surface area contributed by atoms with E-state index in [0.717, 1.165) is 48.2 Å². The smallest absolute Gasteiger partial charge is 0.227 e. The first-order valence-electron chi connectivity index (χ1n) is 9.21. The Bertz CT molecular complexity index is 769. The topological polar surface area (TPSA) is 45.9 Å². The number of nitrogens with zero attached hydrogens (tertiary/aromatic N) is 2. The maximum absolute atomic E-state index is 13.0. The van der Waals surface area contributed by atoms with Gasteiger partial charge in [0.2, 0.25) is 5.91 Å². The van der Waals surface area contributed by atoms with E-state index in [4.69, 9.17) is 9.15 Å². The molecule has 1 aromatic heterocycles. The summed E-state index contributed by atoms with van der Waals surface area (Å²) in [6.45, 7) is 2.04. The van der Waals surface area contributed by atoms with Gasteiger partial charge in [-0.3, -0.25) is 4.79 Å². The van der Waals surface area contributed by atoms with Crippen LogP contribution in [0.4, 0.5) is 0 Å². The van der Waals surface area contributed by atoms with Gasteiger partial charge in [-0.1, -0.05) is 0 Å². The molecule has 2 aromatic rings. The Morgan fingerprint density at radius 3 is 2.80 bits per heavy atom. The van der Waals surface area contributed by atoms with E-state index in [-0.39, 0.29) is 5.91 Å². The molecule has 25 heavy (non-hydrogen) atoms. The molecule has 5 nitrogen and oxygen atoms in total. The Morgan fingerprint density at radius 1 is 1.24 bits per heavy atom. The van der Waals surface area contributed by atoms with E-state index >= 15 is 0 Å². The Hall–Kier alpha value is -2.01. The van der Waals surface area contributed by atoms with Gasteiger partial charge in [0, 0.05) is 35.6 Å². The predicted molar refractivity (Wildman–Crippen MR) is 96.9 cm³/mol. The number of hydrogen-bond acceptors (Lipinski definition) is 4. The predicted octanol–water partition coefficient (Wildman–Crippen LogP) is 3.07. The number of rotatable bonds is 4. The Labute approximate surface area is 148 Å². The van der Waals surface area contributed by atoms with Gasteiger partial charge in [-0.05, 0) is 51.4 Å². The van der Waals surface area contributed by atoms with Gasteiger partial charge in [0.25, 0.3) is 0 Å². The van der Waals surface area contributed by atoms with E-state index < -0.39 is 0 Å². The fourth-order valence-electron chi connectivity index (χ4n) is 4.52. The van der Waals surface area contributed by atoms with Crippen molar-refractivity contribution in [2.45, 2.75) is 44.2 Å². The summed E-state index contributed by atoms with van der Waals surface area (Å²) in [7, 11) is 3.83. The van der Waals surface area contributed by atoms with Crippen LogP contribution in [-0.4, -0.2) is 55.0 Å². The van der Waals surface area contributed by atoms with Crippen molar-refractivity contribution in [2.24, 2.45) is 0 Å². The number of amides is 1. The zero-order valence-electron chi connectivity index (χ0n) is 15.0.